The normalized spacial score (nSPS) is 15.1. The van der Waals surface area contributed by atoms with Crippen molar-refractivity contribution in [2.24, 2.45) is 5.73 Å². The number of anilines is 1. The van der Waals surface area contributed by atoms with Crippen LogP contribution in [0.5, 0.6) is 0 Å². The molecule has 0 unspecified atom stereocenters. The summed E-state index contributed by atoms with van der Waals surface area (Å²) in [6, 6.07) is 8.07. The van der Waals surface area contributed by atoms with Crippen molar-refractivity contribution in [3.05, 3.63) is 53.7 Å². The maximum absolute atomic E-state index is 14.2. The highest BCUT2D eigenvalue weighted by molar-refractivity contribution is 5.91. The molecule has 0 bridgehead atoms. The summed E-state index contributed by atoms with van der Waals surface area (Å²) >= 11 is 0. The first-order valence-corrected chi connectivity index (χ1v) is 8.62. The molecule has 3 heterocycles. The Morgan fingerprint density at radius 1 is 1.26 bits per heavy atom. The van der Waals surface area contributed by atoms with Gasteiger partial charge in [-0.05, 0) is 43.2 Å². The van der Waals surface area contributed by atoms with Crippen LogP contribution >= 0.6 is 0 Å². The van der Waals surface area contributed by atoms with Crippen LogP contribution in [-0.4, -0.2) is 37.8 Å². The molecule has 0 aliphatic heterocycles. The van der Waals surface area contributed by atoms with E-state index in [4.69, 9.17) is 5.73 Å². The van der Waals surface area contributed by atoms with E-state index in [1.807, 2.05) is 0 Å². The number of carbonyl (C=O) groups is 1. The Bertz CT molecular complexity index is 966. The number of pyridine rings is 1. The molecule has 8 nitrogen and oxygen atoms in total. The average molecular weight is 367 g/mol. The van der Waals surface area contributed by atoms with Crippen LogP contribution in [0.3, 0.4) is 0 Å². The number of aromatic nitrogens is 5. The van der Waals surface area contributed by atoms with Crippen molar-refractivity contribution < 1.29 is 9.18 Å². The molecule has 0 aromatic carbocycles. The van der Waals surface area contributed by atoms with Crippen LogP contribution in [0, 0.1) is 5.82 Å². The van der Waals surface area contributed by atoms with Gasteiger partial charge in [-0.2, -0.15) is 5.10 Å². The molecule has 9 heteroatoms. The molecule has 138 valence electrons. The van der Waals surface area contributed by atoms with Crippen molar-refractivity contribution in [1.29, 1.82) is 0 Å². The van der Waals surface area contributed by atoms with E-state index in [2.05, 4.69) is 30.7 Å². The number of amides is 1. The van der Waals surface area contributed by atoms with Crippen molar-refractivity contribution in [2.75, 3.05) is 11.9 Å². The second kappa shape index (κ2) is 6.75. The lowest BCUT2D eigenvalue weighted by atomic mass is 9.66. The summed E-state index contributed by atoms with van der Waals surface area (Å²) < 4.78 is 14.2. The minimum absolute atomic E-state index is 0.207. The number of nitrogens with zero attached hydrogens (tertiary/aromatic N) is 4. The van der Waals surface area contributed by atoms with Crippen molar-refractivity contribution >= 4 is 11.7 Å². The zero-order chi connectivity index (χ0) is 18.9. The van der Waals surface area contributed by atoms with Crippen LogP contribution in [0.25, 0.3) is 11.4 Å². The number of primary amides is 1. The lowest BCUT2D eigenvalue weighted by molar-refractivity contribution is 0.0995. The molecule has 1 aliphatic rings. The fourth-order valence-corrected chi connectivity index (χ4v) is 3.28. The Morgan fingerprint density at radius 2 is 2.11 bits per heavy atom. The van der Waals surface area contributed by atoms with Gasteiger partial charge in [0.15, 0.2) is 0 Å². The molecular formula is C18H18FN7O. The van der Waals surface area contributed by atoms with Gasteiger partial charge in [0.1, 0.15) is 28.7 Å². The van der Waals surface area contributed by atoms with E-state index < -0.39 is 5.91 Å². The number of H-pyrrole nitrogens is 1. The number of halogens is 1. The van der Waals surface area contributed by atoms with Gasteiger partial charge in [-0.25, -0.2) is 4.39 Å². The number of hydrogen-bond donors (Lipinski definition) is 3. The quantitative estimate of drug-likeness (QED) is 0.613. The second-order valence-corrected chi connectivity index (χ2v) is 6.66. The van der Waals surface area contributed by atoms with E-state index in [0.717, 1.165) is 19.3 Å². The van der Waals surface area contributed by atoms with E-state index in [1.165, 1.54) is 12.1 Å². The number of rotatable bonds is 6. The predicted molar refractivity (Wildman–Crippen MR) is 96.3 cm³/mol. The number of nitrogens with one attached hydrogen (secondary N) is 2. The molecule has 4 N–H and O–H groups in total. The van der Waals surface area contributed by atoms with E-state index >= 15 is 0 Å². The molecular weight excluding hydrogens is 349 g/mol. The van der Waals surface area contributed by atoms with Gasteiger partial charge >= 0.3 is 0 Å². The van der Waals surface area contributed by atoms with Gasteiger partial charge in [0.2, 0.25) is 0 Å². The Morgan fingerprint density at radius 3 is 2.70 bits per heavy atom. The van der Waals surface area contributed by atoms with Crippen LogP contribution < -0.4 is 11.1 Å². The van der Waals surface area contributed by atoms with Crippen molar-refractivity contribution in [2.45, 2.75) is 24.7 Å². The zero-order valence-electron chi connectivity index (χ0n) is 14.4. The van der Waals surface area contributed by atoms with E-state index in [9.17, 15) is 9.18 Å². The molecule has 0 radical (unpaired) electrons. The van der Waals surface area contributed by atoms with Gasteiger partial charge in [0.25, 0.3) is 5.91 Å². The molecule has 3 aromatic rings. The first-order valence-electron chi connectivity index (χ1n) is 8.62. The predicted octanol–water partition coefficient (Wildman–Crippen LogP) is 2.03. The molecule has 0 atom stereocenters. The highest BCUT2D eigenvalue weighted by Crippen LogP contribution is 2.43. The van der Waals surface area contributed by atoms with Crippen LogP contribution in [-0.2, 0) is 5.41 Å². The SMILES string of the molecule is NC(=O)c1cc(-c2ccc(NCC3(c4ncccc4F)CCC3)nn2)n[nH]1. The maximum atomic E-state index is 14.2. The third-order valence-electron chi connectivity index (χ3n) is 4.95. The zero-order valence-corrected chi connectivity index (χ0v) is 14.4. The monoisotopic (exact) mass is 367 g/mol. The highest BCUT2D eigenvalue weighted by Gasteiger charge is 2.41. The van der Waals surface area contributed by atoms with Gasteiger partial charge in [-0.3, -0.25) is 14.9 Å². The largest absolute Gasteiger partial charge is 0.368 e. The van der Waals surface area contributed by atoms with E-state index in [-0.39, 0.29) is 16.9 Å². The highest BCUT2D eigenvalue weighted by atomic mass is 19.1. The van der Waals surface area contributed by atoms with Crippen LogP contribution in [0.2, 0.25) is 0 Å². The summed E-state index contributed by atoms with van der Waals surface area (Å²) in [7, 11) is 0. The molecule has 1 saturated carbocycles. The maximum Gasteiger partial charge on any atom is 0.266 e. The first-order chi connectivity index (χ1) is 13.1. The second-order valence-electron chi connectivity index (χ2n) is 6.66. The molecule has 27 heavy (non-hydrogen) atoms. The fourth-order valence-electron chi connectivity index (χ4n) is 3.28. The van der Waals surface area contributed by atoms with Gasteiger partial charge < -0.3 is 11.1 Å². The summed E-state index contributed by atoms with van der Waals surface area (Å²) in [6.45, 7) is 0.531. The Labute approximate surface area is 154 Å². The van der Waals surface area contributed by atoms with Crippen molar-refractivity contribution in [3.8, 4) is 11.4 Å². The summed E-state index contributed by atoms with van der Waals surface area (Å²) in [5, 5.41) is 18.0. The van der Waals surface area contributed by atoms with Gasteiger partial charge in [0.05, 0.1) is 5.69 Å². The van der Waals surface area contributed by atoms with Crippen molar-refractivity contribution in [1.82, 2.24) is 25.4 Å². The molecule has 4 rings (SSSR count). The Kier molecular flexibility index (Phi) is 4.27. The van der Waals surface area contributed by atoms with Gasteiger partial charge in [-0.1, -0.05) is 6.42 Å². The third kappa shape index (κ3) is 3.23. The standard InChI is InChI=1S/C18H18FN7O/c19-11-3-1-8-21-16(11)18(6-2-7-18)10-22-15-5-4-12(23-26-15)13-9-14(17(20)27)25-24-13/h1,3-5,8-9H,2,6-7,10H2,(H2,20,27)(H,22,26)(H,24,25). The molecule has 1 aliphatic carbocycles. The lowest BCUT2D eigenvalue weighted by Crippen LogP contribution is -2.42. The topological polar surface area (TPSA) is 122 Å². The number of aromatic amines is 1. The number of hydrogen-bond acceptors (Lipinski definition) is 6. The summed E-state index contributed by atoms with van der Waals surface area (Å²) in [5.41, 5.74) is 6.59. The summed E-state index contributed by atoms with van der Waals surface area (Å²) in [6.07, 6.45) is 4.42. The van der Waals surface area contributed by atoms with Gasteiger partial charge in [-0.15, -0.1) is 10.2 Å². The fraction of sp³-hybridized carbons (Fsp3) is 0.278. The van der Waals surface area contributed by atoms with E-state index in [1.54, 1.807) is 24.4 Å². The minimum atomic E-state index is -0.590. The number of nitrogens with two attached hydrogens (primary N) is 1. The van der Waals surface area contributed by atoms with Crippen LogP contribution in [0.4, 0.5) is 10.2 Å². The van der Waals surface area contributed by atoms with Crippen molar-refractivity contribution in [3.63, 3.8) is 0 Å². The lowest BCUT2D eigenvalue weighted by Gasteiger charge is -2.41. The smallest absolute Gasteiger partial charge is 0.266 e. The molecule has 3 aromatic heterocycles. The van der Waals surface area contributed by atoms with Crippen LogP contribution in [0.15, 0.2) is 36.5 Å². The molecule has 0 saturated heterocycles. The number of carbonyl (C=O) groups excluding carboxylic acids is 1. The summed E-state index contributed by atoms with van der Waals surface area (Å²) in [5.74, 6) is -0.288. The molecule has 1 fully saturated rings. The Balaban J connectivity index is 1.47. The first kappa shape index (κ1) is 17.1. The van der Waals surface area contributed by atoms with Crippen LogP contribution in [0.1, 0.15) is 35.4 Å². The van der Waals surface area contributed by atoms with Gasteiger partial charge in [0, 0.05) is 18.2 Å². The molecule has 1 amide bonds. The van der Waals surface area contributed by atoms with E-state index in [0.29, 0.717) is 29.4 Å². The minimum Gasteiger partial charge on any atom is -0.368 e. The summed E-state index contributed by atoms with van der Waals surface area (Å²) in [4.78, 5) is 15.4. The third-order valence-corrected chi connectivity index (χ3v) is 4.95. The average Bonchev–Trinajstić information content (AvgIpc) is 3.13. The molecule has 0 spiro atoms. The Hall–Kier alpha value is -3.36.